The van der Waals surface area contributed by atoms with Crippen LogP contribution in [0.4, 0.5) is 0 Å². The summed E-state index contributed by atoms with van der Waals surface area (Å²) >= 11 is 1.67. The third kappa shape index (κ3) is 2.71. The summed E-state index contributed by atoms with van der Waals surface area (Å²) in [4.78, 5) is 0. The Balaban J connectivity index is 1.91. The molecule has 0 aliphatic heterocycles. The molecule has 3 aromatic rings. The van der Waals surface area contributed by atoms with Crippen LogP contribution in [0.3, 0.4) is 0 Å². The van der Waals surface area contributed by atoms with E-state index >= 15 is 0 Å². The zero-order valence-electron chi connectivity index (χ0n) is 11.5. The molecule has 0 saturated heterocycles. The Morgan fingerprint density at radius 1 is 1.05 bits per heavy atom. The number of fused-ring (bicyclic) bond motifs is 1. The van der Waals surface area contributed by atoms with E-state index in [0.29, 0.717) is 0 Å². The molecule has 3 nitrogen and oxygen atoms in total. The normalized spacial score (nSPS) is 11.1. The maximum atomic E-state index is 4.34. The van der Waals surface area contributed by atoms with Gasteiger partial charge < -0.3 is 5.32 Å². The van der Waals surface area contributed by atoms with Crippen molar-refractivity contribution in [1.82, 2.24) is 15.5 Å². The minimum Gasteiger partial charge on any atom is -0.310 e. The lowest BCUT2D eigenvalue weighted by Gasteiger charge is -2.02. The largest absolute Gasteiger partial charge is 0.310 e. The van der Waals surface area contributed by atoms with Crippen molar-refractivity contribution in [3.8, 4) is 10.6 Å². The summed E-state index contributed by atoms with van der Waals surface area (Å²) in [6.07, 6.45) is 1.13. The number of nitrogens with one attached hydrogen (secondary N) is 1. The van der Waals surface area contributed by atoms with Gasteiger partial charge in [-0.25, -0.2) is 0 Å². The van der Waals surface area contributed by atoms with Crippen molar-refractivity contribution in [2.24, 2.45) is 0 Å². The van der Waals surface area contributed by atoms with Gasteiger partial charge in [-0.3, -0.25) is 0 Å². The van der Waals surface area contributed by atoms with Crippen LogP contribution in [0.25, 0.3) is 21.3 Å². The third-order valence-electron chi connectivity index (χ3n) is 3.19. The number of rotatable bonds is 5. The fraction of sp³-hybridized carbons (Fsp3) is 0.250. The molecule has 1 heterocycles. The Morgan fingerprint density at radius 2 is 1.90 bits per heavy atom. The second-order valence-electron chi connectivity index (χ2n) is 4.70. The summed E-state index contributed by atoms with van der Waals surface area (Å²) in [5.74, 6) is 0. The molecule has 20 heavy (non-hydrogen) atoms. The topological polar surface area (TPSA) is 37.8 Å². The van der Waals surface area contributed by atoms with Crippen molar-refractivity contribution in [2.45, 2.75) is 19.9 Å². The van der Waals surface area contributed by atoms with Gasteiger partial charge in [0.05, 0.1) is 0 Å². The molecule has 1 aromatic heterocycles. The van der Waals surface area contributed by atoms with E-state index in [0.717, 1.165) is 29.5 Å². The van der Waals surface area contributed by atoms with Crippen molar-refractivity contribution in [1.29, 1.82) is 0 Å². The van der Waals surface area contributed by atoms with E-state index in [2.05, 4.69) is 64.9 Å². The molecule has 0 bridgehead atoms. The van der Waals surface area contributed by atoms with Gasteiger partial charge in [0.2, 0.25) is 0 Å². The van der Waals surface area contributed by atoms with Gasteiger partial charge in [0.25, 0.3) is 0 Å². The van der Waals surface area contributed by atoms with Gasteiger partial charge in [-0.2, -0.15) is 0 Å². The van der Waals surface area contributed by atoms with Crippen molar-refractivity contribution in [3.63, 3.8) is 0 Å². The zero-order chi connectivity index (χ0) is 13.8. The molecule has 0 fully saturated rings. The molecule has 2 aromatic carbocycles. The highest BCUT2D eigenvalue weighted by Gasteiger charge is 2.09. The maximum absolute atomic E-state index is 4.34. The Hall–Kier alpha value is -1.78. The average molecular weight is 283 g/mol. The smallest absolute Gasteiger partial charge is 0.148 e. The summed E-state index contributed by atoms with van der Waals surface area (Å²) in [6, 6.07) is 14.7. The minimum atomic E-state index is 0.802. The summed E-state index contributed by atoms with van der Waals surface area (Å²) in [5, 5.41) is 16.5. The first-order valence-electron chi connectivity index (χ1n) is 6.89. The van der Waals surface area contributed by atoms with Crippen molar-refractivity contribution in [2.75, 3.05) is 6.54 Å². The number of nitrogens with zero attached hydrogens (tertiary/aromatic N) is 2. The summed E-state index contributed by atoms with van der Waals surface area (Å²) in [7, 11) is 0. The van der Waals surface area contributed by atoms with Crippen LogP contribution in [0.2, 0.25) is 0 Å². The van der Waals surface area contributed by atoms with Crippen LogP contribution in [0.15, 0.2) is 42.5 Å². The molecule has 1 N–H and O–H groups in total. The predicted octanol–water partition coefficient (Wildman–Crippen LogP) is 3.86. The molecule has 0 spiro atoms. The molecule has 0 unspecified atom stereocenters. The predicted molar refractivity (Wildman–Crippen MR) is 84.8 cm³/mol. The first-order chi connectivity index (χ1) is 9.88. The lowest BCUT2D eigenvalue weighted by molar-refractivity contribution is 0.668. The van der Waals surface area contributed by atoms with Crippen molar-refractivity contribution >= 4 is 22.1 Å². The maximum Gasteiger partial charge on any atom is 0.148 e. The molecule has 0 aliphatic rings. The van der Waals surface area contributed by atoms with E-state index < -0.39 is 0 Å². The summed E-state index contributed by atoms with van der Waals surface area (Å²) in [5.41, 5.74) is 1.17. The molecule has 4 heteroatoms. The van der Waals surface area contributed by atoms with Gasteiger partial charge >= 0.3 is 0 Å². The first-order valence-corrected chi connectivity index (χ1v) is 7.71. The lowest BCUT2D eigenvalue weighted by Crippen LogP contribution is -2.13. The Morgan fingerprint density at radius 3 is 2.80 bits per heavy atom. The van der Waals surface area contributed by atoms with Gasteiger partial charge in [0.1, 0.15) is 10.0 Å². The highest BCUT2D eigenvalue weighted by molar-refractivity contribution is 7.14. The Labute approximate surface area is 122 Å². The van der Waals surface area contributed by atoms with Gasteiger partial charge in [0, 0.05) is 12.1 Å². The minimum absolute atomic E-state index is 0.802. The van der Waals surface area contributed by atoms with Gasteiger partial charge in [0.15, 0.2) is 0 Å². The van der Waals surface area contributed by atoms with E-state index in [9.17, 15) is 0 Å². The molecule has 0 amide bonds. The van der Waals surface area contributed by atoms with Gasteiger partial charge in [-0.1, -0.05) is 60.7 Å². The van der Waals surface area contributed by atoms with Crippen LogP contribution in [0.5, 0.6) is 0 Å². The fourth-order valence-corrected chi connectivity index (χ4v) is 3.07. The fourth-order valence-electron chi connectivity index (χ4n) is 2.22. The third-order valence-corrected chi connectivity index (χ3v) is 4.15. The van der Waals surface area contributed by atoms with Crippen LogP contribution >= 0.6 is 11.3 Å². The summed E-state index contributed by atoms with van der Waals surface area (Å²) < 4.78 is 0. The van der Waals surface area contributed by atoms with E-state index in [1.54, 1.807) is 11.3 Å². The number of benzene rings is 2. The lowest BCUT2D eigenvalue weighted by atomic mass is 10.1. The summed E-state index contributed by atoms with van der Waals surface area (Å²) in [6.45, 7) is 3.98. The first kappa shape index (κ1) is 13.2. The van der Waals surface area contributed by atoms with Crippen molar-refractivity contribution < 1.29 is 0 Å². The average Bonchev–Trinajstić information content (AvgIpc) is 2.96. The number of hydrogen-bond acceptors (Lipinski definition) is 4. The number of aromatic nitrogens is 2. The molecular formula is C16H17N3S. The van der Waals surface area contributed by atoms with E-state index in [-0.39, 0.29) is 0 Å². The van der Waals surface area contributed by atoms with Crippen LogP contribution < -0.4 is 5.32 Å². The molecule has 0 atom stereocenters. The number of hydrogen-bond donors (Lipinski definition) is 1. The molecule has 0 aliphatic carbocycles. The van der Waals surface area contributed by atoms with E-state index in [1.165, 1.54) is 16.3 Å². The second-order valence-corrected chi connectivity index (χ2v) is 5.77. The van der Waals surface area contributed by atoms with Crippen LogP contribution in [-0.2, 0) is 6.54 Å². The van der Waals surface area contributed by atoms with Gasteiger partial charge in [-0.05, 0) is 23.7 Å². The molecule has 3 rings (SSSR count). The van der Waals surface area contributed by atoms with Crippen LogP contribution in [0.1, 0.15) is 18.4 Å². The zero-order valence-corrected chi connectivity index (χ0v) is 12.3. The Bertz CT molecular complexity index is 700. The van der Waals surface area contributed by atoms with Crippen molar-refractivity contribution in [3.05, 3.63) is 47.5 Å². The highest BCUT2D eigenvalue weighted by atomic mass is 32.1. The van der Waals surface area contributed by atoms with Crippen LogP contribution in [-0.4, -0.2) is 16.7 Å². The molecular weight excluding hydrogens is 266 g/mol. The SMILES string of the molecule is CCCNCc1nnc(-c2cccc3ccccc23)s1. The quantitative estimate of drug-likeness (QED) is 0.723. The molecule has 0 saturated carbocycles. The highest BCUT2D eigenvalue weighted by Crippen LogP contribution is 2.30. The van der Waals surface area contributed by atoms with E-state index in [1.807, 2.05) is 0 Å². The second kappa shape index (κ2) is 6.11. The molecule has 102 valence electrons. The van der Waals surface area contributed by atoms with E-state index in [4.69, 9.17) is 0 Å². The monoisotopic (exact) mass is 283 g/mol. The molecule has 0 radical (unpaired) electrons. The van der Waals surface area contributed by atoms with Gasteiger partial charge in [-0.15, -0.1) is 10.2 Å². The standard InChI is InChI=1S/C16H17N3S/c1-2-10-17-11-15-18-19-16(20-15)14-9-5-7-12-6-3-4-8-13(12)14/h3-9,17H,2,10-11H2,1H3. The Kier molecular flexibility index (Phi) is 4.04. The van der Waals surface area contributed by atoms with Crippen LogP contribution in [0, 0.1) is 0 Å².